The highest BCUT2D eigenvalue weighted by Gasteiger charge is 2.30. The molecule has 0 aromatic heterocycles. The van der Waals surface area contributed by atoms with E-state index < -0.39 is 9.84 Å². The minimum absolute atomic E-state index is 0.354. The lowest BCUT2D eigenvalue weighted by Gasteiger charge is -2.35. The highest BCUT2D eigenvalue weighted by atomic mass is 32.2. The van der Waals surface area contributed by atoms with Gasteiger partial charge >= 0.3 is 0 Å². The van der Waals surface area contributed by atoms with Crippen LogP contribution in [-0.4, -0.2) is 50.5 Å². The molecule has 1 unspecified atom stereocenters. The maximum absolute atomic E-state index is 11.6. The molecule has 0 amide bonds. The van der Waals surface area contributed by atoms with Crippen LogP contribution >= 0.6 is 0 Å². The fraction of sp³-hybridized carbons (Fsp3) is 0.625. The van der Waals surface area contributed by atoms with Crippen molar-refractivity contribution in [2.75, 3.05) is 31.1 Å². The van der Waals surface area contributed by atoms with Gasteiger partial charge in [0.1, 0.15) is 9.84 Å². The highest BCUT2D eigenvalue weighted by Crippen LogP contribution is 2.23. The summed E-state index contributed by atoms with van der Waals surface area (Å²) in [6.07, 6.45) is 2.72. The van der Waals surface area contributed by atoms with Gasteiger partial charge in [0.05, 0.1) is 11.5 Å². The fourth-order valence-electron chi connectivity index (χ4n) is 3.43. The smallest absolute Gasteiger partial charge is 0.150 e. The molecule has 0 spiro atoms. The second kappa shape index (κ2) is 6.46. The summed E-state index contributed by atoms with van der Waals surface area (Å²) < 4.78 is 23.2. The van der Waals surface area contributed by atoms with Gasteiger partial charge < -0.3 is 5.32 Å². The van der Waals surface area contributed by atoms with E-state index in [9.17, 15) is 8.42 Å². The van der Waals surface area contributed by atoms with Gasteiger partial charge in [-0.05, 0) is 37.9 Å². The number of benzene rings is 1. The van der Waals surface area contributed by atoms with Gasteiger partial charge in [0.2, 0.25) is 0 Å². The Morgan fingerprint density at radius 2 is 1.81 bits per heavy atom. The van der Waals surface area contributed by atoms with Gasteiger partial charge in [0, 0.05) is 18.6 Å². The standard InChI is InChI=1S/C16H24N2O2S/c19-21(20)11-7-15(8-12-21)18-10-4-9-17-16(13-18)14-5-2-1-3-6-14/h1-3,5-6,15-17H,4,7-13H2. The molecule has 21 heavy (non-hydrogen) atoms. The third-order valence-corrected chi connectivity index (χ3v) is 6.39. The molecule has 1 atom stereocenters. The Labute approximate surface area is 127 Å². The van der Waals surface area contributed by atoms with Crippen molar-refractivity contribution >= 4 is 9.84 Å². The SMILES string of the molecule is O=S1(=O)CCC(N2CCCNC(c3ccccc3)C2)CC1. The van der Waals surface area contributed by atoms with Crippen LogP contribution < -0.4 is 5.32 Å². The van der Waals surface area contributed by atoms with Crippen molar-refractivity contribution < 1.29 is 8.42 Å². The lowest BCUT2D eigenvalue weighted by atomic mass is 10.0. The summed E-state index contributed by atoms with van der Waals surface area (Å²) >= 11 is 0. The van der Waals surface area contributed by atoms with Crippen molar-refractivity contribution in [3.05, 3.63) is 35.9 Å². The van der Waals surface area contributed by atoms with E-state index in [0.29, 0.717) is 23.6 Å². The van der Waals surface area contributed by atoms with Crippen LogP contribution in [0.1, 0.15) is 30.9 Å². The van der Waals surface area contributed by atoms with Crippen LogP contribution in [0.2, 0.25) is 0 Å². The van der Waals surface area contributed by atoms with Crippen LogP contribution in [0.5, 0.6) is 0 Å². The molecule has 2 fully saturated rings. The zero-order valence-corrected chi connectivity index (χ0v) is 13.2. The van der Waals surface area contributed by atoms with E-state index in [4.69, 9.17) is 0 Å². The lowest BCUT2D eigenvalue weighted by molar-refractivity contribution is 0.180. The number of hydrogen-bond acceptors (Lipinski definition) is 4. The first-order chi connectivity index (χ1) is 10.1. The Hall–Kier alpha value is -0.910. The van der Waals surface area contributed by atoms with Crippen molar-refractivity contribution in [3.8, 4) is 0 Å². The van der Waals surface area contributed by atoms with E-state index in [-0.39, 0.29) is 0 Å². The summed E-state index contributed by atoms with van der Waals surface area (Å²) in [7, 11) is -2.77. The van der Waals surface area contributed by atoms with Gasteiger partial charge in [0.15, 0.2) is 0 Å². The predicted molar refractivity (Wildman–Crippen MR) is 85.1 cm³/mol. The number of hydrogen-bond donors (Lipinski definition) is 1. The molecule has 0 aliphatic carbocycles. The molecule has 1 aromatic rings. The summed E-state index contributed by atoms with van der Waals surface area (Å²) in [5.74, 6) is 0.717. The van der Waals surface area contributed by atoms with Crippen LogP contribution in [0.4, 0.5) is 0 Å². The monoisotopic (exact) mass is 308 g/mol. The lowest BCUT2D eigenvalue weighted by Crippen LogP contribution is -2.43. The van der Waals surface area contributed by atoms with Gasteiger partial charge in [-0.1, -0.05) is 30.3 Å². The summed E-state index contributed by atoms with van der Waals surface area (Å²) in [4.78, 5) is 2.51. The van der Waals surface area contributed by atoms with Crippen LogP contribution in [0, 0.1) is 0 Å². The quantitative estimate of drug-likeness (QED) is 0.901. The Morgan fingerprint density at radius 3 is 2.52 bits per heavy atom. The molecule has 4 nitrogen and oxygen atoms in total. The van der Waals surface area contributed by atoms with E-state index in [1.807, 2.05) is 6.07 Å². The third kappa shape index (κ3) is 3.84. The summed E-state index contributed by atoms with van der Waals surface area (Å²) in [6.45, 7) is 3.08. The van der Waals surface area contributed by atoms with Gasteiger partial charge in [-0.3, -0.25) is 4.90 Å². The molecule has 3 rings (SSSR count). The number of nitrogens with zero attached hydrogens (tertiary/aromatic N) is 1. The zero-order chi connectivity index (χ0) is 14.7. The third-order valence-electron chi connectivity index (χ3n) is 4.67. The highest BCUT2D eigenvalue weighted by molar-refractivity contribution is 7.91. The Morgan fingerprint density at radius 1 is 1.10 bits per heavy atom. The minimum atomic E-state index is -2.77. The van der Waals surface area contributed by atoms with Crippen LogP contribution in [0.15, 0.2) is 30.3 Å². The molecular formula is C16H24N2O2S. The van der Waals surface area contributed by atoms with E-state index in [0.717, 1.165) is 38.9 Å². The predicted octanol–water partition coefficient (Wildman–Crippen LogP) is 1.60. The van der Waals surface area contributed by atoms with E-state index in [1.54, 1.807) is 0 Å². The topological polar surface area (TPSA) is 49.4 Å². The van der Waals surface area contributed by atoms with E-state index >= 15 is 0 Å². The largest absolute Gasteiger partial charge is 0.309 e. The molecule has 2 aliphatic heterocycles. The van der Waals surface area contributed by atoms with Crippen molar-refractivity contribution in [2.24, 2.45) is 0 Å². The molecule has 2 saturated heterocycles. The van der Waals surface area contributed by atoms with Crippen LogP contribution in [0.3, 0.4) is 0 Å². The molecule has 116 valence electrons. The fourth-order valence-corrected chi connectivity index (χ4v) is 4.90. The normalized spacial score (nSPS) is 28.1. The van der Waals surface area contributed by atoms with Crippen molar-refractivity contribution in [2.45, 2.75) is 31.3 Å². The van der Waals surface area contributed by atoms with E-state index in [1.165, 1.54) is 5.56 Å². The minimum Gasteiger partial charge on any atom is -0.309 e. The van der Waals surface area contributed by atoms with Crippen molar-refractivity contribution in [3.63, 3.8) is 0 Å². The second-order valence-corrected chi connectivity index (χ2v) is 8.45. The Kier molecular flexibility index (Phi) is 4.62. The van der Waals surface area contributed by atoms with Gasteiger partial charge in [-0.15, -0.1) is 0 Å². The molecule has 0 saturated carbocycles. The average Bonchev–Trinajstić information content (AvgIpc) is 2.74. The molecule has 0 radical (unpaired) electrons. The molecule has 0 bridgehead atoms. The maximum atomic E-state index is 11.6. The number of nitrogens with one attached hydrogen (secondary N) is 1. The molecule has 1 aromatic carbocycles. The van der Waals surface area contributed by atoms with Gasteiger partial charge in [0.25, 0.3) is 0 Å². The second-order valence-electron chi connectivity index (χ2n) is 6.15. The average molecular weight is 308 g/mol. The zero-order valence-electron chi connectivity index (χ0n) is 12.4. The van der Waals surface area contributed by atoms with Crippen LogP contribution in [0.25, 0.3) is 0 Å². The summed E-state index contributed by atoms with van der Waals surface area (Å²) in [5, 5.41) is 3.62. The Balaban J connectivity index is 1.68. The first-order valence-corrected chi connectivity index (χ1v) is 9.69. The summed E-state index contributed by atoms with van der Waals surface area (Å²) in [6, 6.07) is 11.3. The molecule has 5 heteroatoms. The molecular weight excluding hydrogens is 284 g/mol. The number of sulfone groups is 1. The molecule has 2 heterocycles. The van der Waals surface area contributed by atoms with E-state index in [2.05, 4.69) is 34.5 Å². The van der Waals surface area contributed by atoms with Gasteiger partial charge in [-0.25, -0.2) is 8.42 Å². The van der Waals surface area contributed by atoms with Crippen LogP contribution in [-0.2, 0) is 9.84 Å². The number of rotatable bonds is 2. The first-order valence-electron chi connectivity index (χ1n) is 7.87. The molecule has 2 aliphatic rings. The summed E-state index contributed by atoms with van der Waals surface area (Å²) in [5.41, 5.74) is 1.33. The maximum Gasteiger partial charge on any atom is 0.150 e. The van der Waals surface area contributed by atoms with Crippen molar-refractivity contribution in [1.29, 1.82) is 0 Å². The van der Waals surface area contributed by atoms with Gasteiger partial charge in [-0.2, -0.15) is 0 Å². The van der Waals surface area contributed by atoms with Crippen molar-refractivity contribution in [1.82, 2.24) is 10.2 Å². The first kappa shape index (κ1) is 15.0. The molecule has 1 N–H and O–H groups in total. The Bertz CT molecular complexity index is 545.